The predicted molar refractivity (Wildman–Crippen MR) is 240 cm³/mol. The Morgan fingerprint density at radius 3 is 1.68 bits per heavy atom. The van der Waals surface area contributed by atoms with Gasteiger partial charge in [0.1, 0.15) is 11.2 Å². The molecule has 0 saturated carbocycles. The lowest BCUT2D eigenvalue weighted by molar-refractivity contribution is 0.673. The van der Waals surface area contributed by atoms with Crippen LogP contribution in [0.25, 0.3) is 120 Å². The Morgan fingerprint density at radius 2 is 0.877 bits per heavy atom. The van der Waals surface area contributed by atoms with Gasteiger partial charge in [0.05, 0.1) is 27.5 Å². The van der Waals surface area contributed by atoms with Gasteiger partial charge >= 0.3 is 0 Å². The molecular weight excluding hydrogens is 693 g/mol. The molecule has 13 aromatic rings. The van der Waals surface area contributed by atoms with E-state index in [1.165, 1.54) is 76.0 Å². The fourth-order valence-corrected chi connectivity index (χ4v) is 9.70. The van der Waals surface area contributed by atoms with Crippen LogP contribution in [-0.2, 0) is 0 Å². The second kappa shape index (κ2) is 11.5. The van der Waals surface area contributed by atoms with Gasteiger partial charge in [0.15, 0.2) is 0 Å². The van der Waals surface area contributed by atoms with E-state index in [-0.39, 0.29) is 0 Å². The zero-order valence-electron chi connectivity index (χ0n) is 30.8. The molecule has 13 rings (SSSR count). The van der Waals surface area contributed by atoms with E-state index < -0.39 is 0 Å². The van der Waals surface area contributed by atoms with Gasteiger partial charge in [-0.2, -0.15) is 0 Å². The maximum atomic E-state index is 7.01. The van der Waals surface area contributed by atoms with Crippen LogP contribution in [0.2, 0.25) is 0 Å². The molecule has 3 nitrogen and oxygen atoms in total. The zero-order valence-corrected chi connectivity index (χ0v) is 30.8. The van der Waals surface area contributed by atoms with Crippen LogP contribution in [0, 0.1) is 0 Å². The van der Waals surface area contributed by atoms with Crippen molar-refractivity contribution in [3.8, 4) is 22.5 Å². The van der Waals surface area contributed by atoms with Gasteiger partial charge in [0, 0.05) is 43.7 Å². The third-order valence-electron chi connectivity index (χ3n) is 12.3. The van der Waals surface area contributed by atoms with E-state index in [2.05, 4.69) is 203 Å². The summed E-state index contributed by atoms with van der Waals surface area (Å²) in [5.41, 5.74) is 11.1. The first-order valence-electron chi connectivity index (χ1n) is 19.6. The number of benzene rings is 10. The van der Waals surface area contributed by atoms with Crippen molar-refractivity contribution in [2.24, 2.45) is 0 Å². The molecule has 0 bridgehead atoms. The SMILES string of the molecule is c1ccc2cc(-n3c4ccc(-c5ccc(-n6c7ccccc7c7ccccc76)cc5)cc4c4c5oc6ccc7ccc8ccccc8c7c6c5ccc43)ccc2c1. The van der Waals surface area contributed by atoms with Crippen LogP contribution in [0.3, 0.4) is 0 Å². The average Bonchev–Trinajstić information content (AvgIpc) is 3.94. The highest BCUT2D eigenvalue weighted by Gasteiger charge is 2.21. The molecule has 0 spiro atoms. The van der Waals surface area contributed by atoms with Crippen LogP contribution in [0.5, 0.6) is 0 Å². The van der Waals surface area contributed by atoms with E-state index >= 15 is 0 Å². The van der Waals surface area contributed by atoms with E-state index in [0.717, 1.165) is 44.3 Å². The largest absolute Gasteiger partial charge is 0.455 e. The van der Waals surface area contributed by atoms with Gasteiger partial charge in [-0.3, -0.25) is 0 Å². The minimum absolute atomic E-state index is 0.907. The summed E-state index contributed by atoms with van der Waals surface area (Å²) >= 11 is 0. The van der Waals surface area contributed by atoms with Gasteiger partial charge in [-0.05, 0) is 105 Å². The summed E-state index contributed by atoms with van der Waals surface area (Å²) in [5, 5.41) is 14.5. The summed E-state index contributed by atoms with van der Waals surface area (Å²) in [5.74, 6) is 0. The highest BCUT2D eigenvalue weighted by Crippen LogP contribution is 2.45. The van der Waals surface area contributed by atoms with E-state index in [9.17, 15) is 0 Å². The van der Waals surface area contributed by atoms with E-state index in [1.54, 1.807) is 0 Å². The van der Waals surface area contributed by atoms with Gasteiger partial charge in [-0.25, -0.2) is 0 Å². The average molecular weight is 725 g/mol. The Kier molecular flexibility index (Phi) is 6.16. The van der Waals surface area contributed by atoms with Crippen molar-refractivity contribution in [1.82, 2.24) is 9.13 Å². The fraction of sp³-hybridized carbons (Fsp3) is 0. The van der Waals surface area contributed by atoms with Crippen LogP contribution in [0.15, 0.2) is 199 Å². The lowest BCUT2D eigenvalue weighted by Crippen LogP contribution is -1.94. The highest BCUT2D eigenvalue weighted by molar-refractivity contribution is 6.31. The first kappa shape index (κ1) is 30.7. The Bertz CT molecular complexity index is 3750. The molecule has 0 fully saturated rings. The van der Waals surface area contributed by atoms with Crippen LogP contribution >= 0.6 is 0 Å². The maximum Gasteiger partial charge on any atom is 0.145 e. The molecule has 0 aliphatic rings. The van der Waals surface area contributed by atoms with Crippen molar-refractivity contribution >= 4 is 97.9 Å². The van der Waals surface area contributed by atoms with Gasteiger partial charge in [0.2, 0.25) is 0 Å². The first-order valence-corrected chi connectivity index (χ1v) is 19.6. The molecule has 0 atom stereocenters. The van der Waals surface area contributed by atoms with Gasteiger partial charge in [-0.1, -0.05) is 127 Å². The van der Waals surface area contributed by atoms with Crippen molar-refractivity contribution in [3.63, 3.8) is 0 Å². The smallest absolute Gasteiger partial charge is 0.145 e. The van der Waals surface area contributed by atoms with Crippen molar-refractivity contribution in [3.05, 3.63) is 194 Å². The lowest BCUT2D eigenvalue weighted by Gasteiger charge is -2.11. The van der Waals surface area contributed by atoms with E-state index in [0.29, 0.717) is 0 Å². The molecule has 0 unspecified atom stereocenters. The molecular formula is C54H32N2O. The molecule has 264 valence electrons. The second-order valence-electron chi connectivity index (χ2n) is 15.3. The number of nitrogens with zero attached hydrogens (tertiary/aromatic N) is 2. The molecule has 0 aliphatic heterocycles. The van der Waals surface area contributed by atoms with Crippen LogP contribution in [0.1, 0.15) is 0 Å². The Hall–Kier alpha value is -7.62. The third kappa shape index (κ3) is 4.31. The number of hydrogen-bond donors (Lipinski definition) is 0. The minimum Gasteiger partial charge on any atom is -0.455 e. The molecule has 0 saturated heterocycles. The second-order valence-corrected chi connectivity index (χ2v) is 15.3. The van der Waals surface area contributed by atoms with E-state index in [4.69, 9.17) is 4.42 Å². The van der Waals surface area contributed by atoms with Gasteiger partial charge in [0.25, 0.3) is 0 Å². The predicted octanol–water partition coefficient (Wildman–Crippen LogP) is 14.9. The molecule has 0 radical (unpaired) electrons. The molecule has 3 heterocycles. The summed E-state index contributed by atoms with van der Waals surface area (Å²) in [7, 11) is 0. The number of fused-ring (bicyclic) bond motifs is 15. The fourth-order valence-electron chi connectivity index (χ4n) is 9.70. The number of hydrogen-bond acceptors (Lipinski definition) is 1. The number of para-hydroxylation sites is 2. The number of aromatic nitrogens is 2. The quantitative estimate of drug-likeness (QED) is 0.166. The molecule has 57 heavy (non-hydrogen) atoms. The monoisotopic (exact) mass is 724 g/mol. The summed E-state index contributed by atoms with van der Waals surface area (Å²) in [6, 6.07) is 70.7. The van der Waals surface area contributed by atoms with Gasteiger partial charge in [-0.15, -0.1) is 0 Å². The van der Waals surface area contributed by atoms with Crippen LogP contribution in [0.4, 0.5) is 0 Å². The molecule has 0 aliphatic carbocycles. The summed E-state index contributed by atoms with van der Waals surface area (Å²) in [6.07, 6.45) is 0. The number of rotatable bonds is 3. The van der Waals surface area contributed by atoms with Crippen LogP contribution < -0.4 is 0 Å². The number of furan rings is 1. The van der Waals surface area contributed by atoms with Crippen molar-refractivity contribution < 1.29 is 4.42 Å². The summed E-state index contributed by atoms with van der Waals surface area (Å²) in [6.45, 7) is 0. The normalized spacial score (nSPS) is 12.2. The standard InChI is InChI=1S/C54H32N2O/c1-2-11-37-31-40(26-21-33(37)9-1)56-48-28-22-38(34-19-24-39(25-20-34)55-46-15-7-5-13-42(46)43-14-6-8-16-47(43)55)32-45(48)52-49(56)29-27-44-53-50(57-54(44)52)30-23-36-18-17-35-10-3-4-12-41(35)51(36)53/h1-32H. The van der Waals surface area contributed by atoms with Crippen molar-refractivity contribution in [2.75, 3.05) is 0 Å². The zero-order chi connectivity index (χ0) is 37.2. The molecule has 10 aromatic carbocycles. The van der Waals surface area contributed by atoms with Gasteiger partial charge < -0.3 is 13.6 Å². The lowest BCUT2D eigenvalue weighted by atomic mass is 9.97. The maximum absolute atomic E-state index is 7.01. The highest BCUT2D eigenvalue weighted by atomic mass is 16.3. The Balaban J connectivity index is 1.07. The minimum atomic E-state index is 0.907. The van der Waals surface area contributed by atoms with Crippen molar-refractivity contribution in [2.45, 2.75) is 0 Å². The summed E-state index contributed by atoms with van der Waals surface area (Å²) in [4.78, 5) is 0. The molecule has 3 aromatic heterocycles. The topological polar surface area (TPSA) is 23.0 Å². The van der Waals surface area contributed by atoms with E-state index in [1.807, 2.05) is 0 Å². The molecule has 0 N–H and O–H groups in total. The summed E-state index contributed by atoms with van der Waals surface area (Å²) < 4.78 is 11.8. The first-order chi connectivity index (χ1) is 28.3. The Morgan fingerprint density at radius 1 is 0.298 bits per heavy atom. The Labute approximate surface area is 326 Å². The third-order valence-corrected chi connectivity index (χ3v) is 12.3. The van der Waals surface area contributed by atoms with Crippen molar-refractivity contribution in [1.29, 1.82) is 0 Å². The van der Waals surface area contributed by atoms with Crippen LogP contribution in [-0.4, -0.2) is 9.13 Å². The molecule has 0 amide bonds. The molecule has 3 heteroatoms.